The zero-order valence-electron chi connectivity index (χ0n) is 15.8. The molecule has 0 bridgehead atoms. The highest BCUT2D eigenvalue weighted by Gasteiger charge is 2.29. The van der Waals surface area contributed by atoms with E-state index in [2.05, 4.69) is 15.1 Å². The van der Waals surface area contributed by atoms with Gasteiger partial charge in [-0.2, -0.15) is 5.10 Å². The summed E-state index contributed by atoms with van der Waals surface area (Å²) in [6.45, 7) is 5.30. The maximum Gasteiger partial charge on any atom is 0.343 e. The summed E-state index contributed by atoms with van der Waals surface area (Å²) in [5, 5.41) is 7.34. The number of thiazole rings is 1. The normalized spacial score (nSPS) is 17.1. The minimum Gasteiger partial charge on any atom is -0.462 e. The molecule has 4 rings (SSSR count). The number of piperidine rings is 1. The second-order valence-electron chi connectivity index (χ2n) is 6.76. The average Bonchev–Trinajstić information content (AvgIpc) is 3.34. The smallest absolute Gasteiger partial charge is 0.343 e. The van der Waals surface area contributed by atoms with Gasteiger partial charge in [-0.1, -0.05) is 0 Å². The molecular formula is C19H21N5O3S. The van der Waals surface area contributed by atoms with E-state index in [9.17, 15) is 9.59 Å². The number of aryl methyl sites for hydroxylation is 1. The number of hydrogen-bond acceptors (Lipinski definition) is 7. The van der Waals surface area contributed by atoms with Crippen LogP contribution in [0.5, 0.6) is 0 Å². The molecule has 0 N–H and O–H groups in total. The quantitative estimate of drug-likeness (QED) is 0.627. The van der Waals surface area contributed by atoms with Crippen molar-refractivity contribution in [2.45, 2.75) is 32.6 Å². The number of hydrogen-bond donors (Lipinski definition) is 0. The van der Waals surface area contributed by atoms with Crippen molar-refractivity contribution >= 4 is 28.9 Å². The van der Waals surface area contributed by atoms with Crippen LogP contribution in [0.3, 0.4) is 0 Å². The van der Waals surface area contributed by atoms with Crippen molar-refractivity contribution in [2.75, 3.05) is 19.7 Å². The van der Waals surface area contributed by atoms with E-state index in [1.807, 2.05) is 17.2 Å². The van der Waals surface area contributed by atoms with Gasteiger partial charge in [0.25, 0.3) is 5.91 Å². The number of likely N-dealkylation sites (tertiary alicyclic amines) is 1. The standard InChI is InChI=1S/C19H21N5O3S/c1-3-27-19(26)14-9-21-24-15(6-7-20-16(14)24)18(25)23-8-4-5-13(10-23)17-22-12(2)11-28-17/h6-7,9,11,13H,3-5,8,10H2,1-2H3/t13-/m0/s1. The molecule has 9 heteroatoms. The first-order valence-corrected chi connectivity index (χ1v) is 10.2. The van der Waals surface area contributed by atoms with Gasteiger partial charge in [-0.05, 0) is 32.8 Å². The molecule has 1 aliphatic rings. The van der Waals surface area contributed by atoms with Gasteiger partial charge in [-0.15, -0.1) is 11.3 Å². The number of nitrogens with zero attached hydrogens (tertiary/aromatic N) is 5. The molecule has 0 unspecified atom stereocenters. The Morgan fingerprint density at radius 1 is 1.39 bits per heavy atom. The fourth-order valence-electron chi connectivity index (χ4n) is 3.49. The molecule has 1 atom stereocenters. The Morgan fingerprint density at radius 2 is 2.25 bits per heavy atom. The van der Waals surface area contributed by atoms with E-state index in [-0.39, 0.29) is 24.0 Å². The highest BCUT2D eigenvalue weighted by Crippen LogP contribution is 2.30. The molecule has 28 heavy (non-hydrogen) atoms. The summed E-state index contributed by atoms with van der Waals surface area (Å²) < 4.78 is 6.47. The second kappa shape index (κ2) is 7.67. The summed E-state index contributed by atoms with van der Waals surface area (Å²) in [7, 11) is 0. The molecule has 0 aromatic carbocycles. The summed E-state index contributed by atoms with van der Waals surface area (Å²) >= 11 is 1.65. The predicted octanol–water partition coefficient (Wildman–Crippen LogP) is 2.69. The van der Waals surface area contributed by atoms with Crippen molar-refractivity contribution < 1.29 is 14.3 Å². The van der Waals surface area contributed by atoms with Gasteiger partial charge in [-0.25, -0.2) is 19.3 Å². The maximum atomic E-state index is 13.2. The van der Waals surface area contributed by atoms with E-state index >= 15 is 0 Å². The molecule has 1 amide bonds. The summed E-state index contributed by atoms with van der Waals surface area (Å²) in [5.41, 5.74) is 1.98. The number of fused-ring (bicyclic) bond motifs is 1. The van der Waals surface area contributed by atoms with Crippen LogP contribution in [0.2, 0.25) is 0 Å². The highest BCUT2D eigenvalue weighted by atomic mass is 32.1. The van der Waals surface area contributed by atoms with Crippen LogP contribution in [0.15, 0.2) is 23.8 Å². The lowest BCUT2D eigenvalue weighted by Crippen LogP contribution is -2.40. The number of aromatic nitrogens is 4. The summed E-state index contributed by atoms with van der Waals surface area (Å²) in [6.07, 6.45) is 4.88. The van der Waals surface area contributed by atoms with Crippen molar-refractivity contribution in [1.29, 1.82) is 0 Å². The van der Waals surface area contributed by atoms with Crippen LogP contribution in [0.1, 0.15) is 57.2 Å². The number of esters is 1. The van der Waals surface area contributed by atoms with Crippen molar-refractivity contribution in [2.24, 2.45) is 0 Å². The van der Waals surface area contributed by atoms with Gasteiger partial charge in [-0.3, -0.25) is 4.79 Å². The average molecular weight is 399 g/mol. The van der Waals surface area contributed by atoms with Crippen LogP contribution < -0.4 is 0 Å². The van der Waals surface area contributed by atoms with E-state index in [4.69, 9.17) is 4.74 Å². The van der Waals surface area contributed by atoms with Crippen molar-refractivity contribution in [1.82, 2.24) is 24.5 Å². The molecule has 0 aliphatic carbocycles. The molecule has 1 saturated heterocycles. The van der Waals surface area contributed by atoms with Crippen molar-refractivity contribution in [3.63, 3.8) is 0 Å². The Morgan fingerprint density at radius 3 is 3.00 bits per heavy atom. The zero-order valence-corrected chi connectivity index (χ0v) is 16.6. The largest absolute Gasteiger partial charge is 0.462 e. The van der Waals surface area contributed by atoms with Crippen LogP contribution in [-0.2, 0) is 4.74 Å². The minimum absolute atomic E-state index is 0.121. The molecule has 3 aromatic heterocycles. The molecule has 0 radical (unpaired) electrons. The lowest BCUT2D eigenvalue weighted by atomic mass is 9.98. The van der Waals surface area contributed by atoms with Gasteiger partial charge < -0.3 is 9.64 Å². The van der Waals surface area contributed by atoms with Gasteiger partial charge in [0.05, 0.1) is 17.8 Å². The van der Waals surface area contributed by atoms with E-state index in [1.165, 1.54) is 16.9 Å². The second-order valence-corrected chi connectivity index (χ2v) is 7.65. The predicted molar refractivity (Wildman–Crippen MR) is 104 cm³/mol. The van der Waals surface area contributed by atoms with E-state index in [0.717, 1.165) is 23.5 Å². The molecule has 0 saturated carbocycles. The number of amides is 1. The molecule has 8 nitrogen and oxygen atoms in total. The summed E-state index contributed by atoms with van der Waals surface area (Å²) in [4.78, 5) is 35.9. The fraction of sp³-hybridized carbons (Fsp3) is 0.421. The highest BCUT2D eigenvalue weighted by molar-refractivity contribution is 7.09. The maximum absolute atomic E-state index is 13.2. The molecule has 4 heterocycles. The Bertz CT molecular complexity index is 1030. The summed E-state index contributed by atoms with van der Waals surface area (Å²) in [6, 6.07) is 1.63. The van der Waals surface area contributed by atoms with Crippen LogP contribution in [0.25, 0.3) is 5.65 Å². The monoisotopic (exact) mass is 399 g/mol. The Labute approximate surface area is 166 Å². The van der Waals surface area contributed by atoms with Crippen LogP contribution in [-0.4, -0.2) is 56.1 Å². The molecule has 3 aromatic rings. The van der Waals surface area contributed by atoms with Crippen molar-refractivity contribution in [3.8, 4) is 0 Å². The molecule has 1 aliphatic heterocycles. The third-order valence-corrected chi connectivity index (χ3v) is 5.94. The van der Waals surface area contributed by atoms with Gasteiger partial charge in [0, 0.05) is 36.3 Å². The fourth-order valence-corrected chi connectivity index (χ4v) is 4.42. The topological polar surface area (TPSA) is 89.7 Å². The summed E-state index contributed by atoms with van der Waals surface area (Å²) in [5.74, 6) is -0.364. The van der Waals surface area contributed by atoms with Crippen molar-refractivity contribution in [3.05, 3.63) is 45.8 Å². The number of ether oxygens (including phenoxy) is 1. The van der Waals surface area contributed by atoms with Gasteiger partial charge in [0.2, 0.25) is 0 Å². The van der Waals surface area contributed by atoms with Crippen LogP contribution in [0, 0.1) is 6.92 Å². The first-order chi connectivity index (χ1) is 13.6. The third kappa shape index (κ3) is 3.37. The Kier molecular flexibility index (Phi) is 5.08. The van der Waals surface area contributed by atoms with E-state index in [0.29, 0.717) is 24.4 Å². The Hall–Kier alpha value is -2.81. The molecule has 146 valence electrons. The first kappa shape index (κ1) is 18.5. The van der Waals surface area contributed by atoms with Crippen LogP contribution in [0.4, 0.5) is 0 Å². The SMILES string of the molecule is CCOC(=O)c1cnn2c(C(=O)N3CCC[C@H](c4nc(C)cs4)C3)ccnc12. The van der Waals surface area contributed by atoms with Gasteiger partial charge >= 0.3 is 5.97 Å². The van der Waals surface area contributed by atoms with Gasteiger partial charge in [0.15, 0.2) is 5.65 Å². The minimum atomic E-state index is -0.494. The Balaban J connectivity index is 1.61. The molecule has 1 fully saturated rings. The van der Waals surface area contributed by atoms with Crippen LogP contribution >= 0.6 is 11.3 Å². The zero-order chi connectivity index (χ0) is 19.7. The lowest BCUT2D eigenvalue weighted by Gasteiger charge is -2.31. The van der Waals surface area contributed by atoms with E-state index < -0.39 is 5.97 Å². The van der Waals surface area contributed by atoms with Gasteiger partial charge in [0.1, 0.15) is 11.3 Å². The lowest BCUT2D eigenvalue weighted by molar-refractivity contribution is 0.0527. The third-order valence-electron chi connectivity index (χ3n) is 4.81. The number of carbonyl (C=O) groups excluding carboxylic acids is 2. The first-order valence-electron chi connectivity index (χ1n) is 9.29. The number of rotatable bonds is 4. The van der Waals surface area contributed by atoms with E-state index in [1.54, 1.807) is 24.3 Å². The molecule has 0 spiro atoms. The molecular weight excluding hydrogens is 378 g/mol. The number of carbonyl (C=O) groups is 2.